The summed E-state index contributed by atoms with van der Waals surface area (Å²) in [5.74, 6) is 0.741. The van der Waals surface area contributed by atoms with Crippen LogP contribution in [0.5, 0.6) is 5.75 Å². The van der Waals surface area contributed by atoms with Gasteiger partial charge in [-0.2, -0.15) is 18.3 Å². The number of ether oxygens (including phenoxy) is 1. The molecule has 2 amide bonds. The Morgan fingerprint density at radius 2 is 1.92 bits per heavy atom. The number of fused-ring (bicyclic) bond motifs is 1. The van der Waals surface area contributed by atoms with Crippen molar-refractivity contribution in [3.8, 4) is 11.4 Å². The van der Waals surface area contributed by atoms with Crippen molar-refractivity contribution in [1.29, 1.82) is 0 Å². The molecular formula is C26H31ClF3N5O3. The second kappa shape index (κ2) is 15.0. The number of halogens is 4. The van der Waals surface area contributed by atoms with Crippen molar-refractivity contribution in [3.05, 3.63) is 70.8 Å². The third kappa shape index (κ3) is 9.37. The molecule has 0 radical (unpaired) electrons. The maximum absolute atomic E-state index is 12.5. The Morgan fingerprint density at radius 3 is 2.50 bits per heavy atom. The molecule has 1 aliphatic rings. The number of aromatic nitrogens is 3. The Balaban J connectivity index is 0.000000277. The molecule has 0 fully saturated rings. The van der Waals surface area contributed by atoms with E-state index in [0.29, 0.717) is 17.7 Å². The Hall–Kier alpha value is -3.60. The lowest BCUT2D eigenvalue weighted by molar-refractivity contribution is -0.141. The summed E-state index contributed by atoms with van der Waals surface area (Å²) in [4.78, 5) is 24.5. The zero-order chi connectivity index (χ0) is 28.1. The van der Waals surface area contributed by atoms with Crippen LogP contribution in [0.25, 0.3) is 5.69 Å². The first kappa shape index (κ1) is 30.6. The van der Waals surface area contributed by atoms with Crippen molar-refractivity contribution in [1.82, 2.24) is 25.4 Å². The average Bonchev–Trinajstić information content (AvgIpc) is 3.42. The molecule has 206 valence electrons. The van der Waals surface area contributed by atoms with Gasteiger partial charge in [-0.1, -0.05) is 25.4 Å². The number of pyridine rings is 1. The summed E-state index contributed by atoms with van der Waals surface area (Å²) < 4.78 is 44.2. The first-order valence-electron chi connectivity index (χ1n) is 12.0. The predicted octanol–water partition coefficient (Wildman–Crippen LogP) is 5.23. The van der Waals surface area contributed by atoms with Crippen LogP contribution in [-0.2, 0) is 17.4 Å². The monoisotopic (exact) mass is 553 g/mol. The molecule has 0 saturated carbocycles. The number of hydrogen-bond acceptors (Lipinski definition) is 5. The van der Waals surface area contributed by atoms with Crippen molar-refractivity contribution in [2.24, 2.45) is 0 Å². The molecule has 3 aromatic rings. The van der Waals surface area contributed by atoms with E-state index in [0.717, 1.165) is 55.3 Å². The van der Waals surface area contributed by atoms with Crippen molar-refractivity contribution in [2.45, 2.75) is 51.7 Å². The lowest BCUT2D eigenvalue weighted by Crippen LogP contribution is -2.33. The lowest BCUT2D eigenvalue weighted by Gasteiger charge is -2.16. The normalized spacial score (nSPS) is 12.1. The van der Waals surface area contributed by atoms with Crippen LogP contribution in [0, 0.1) is 0 Å². The Bertz CT molecular complexity index is 1170. The molecule has 0 bridgehead atoms. The number of carbonyl (C=O) groups is 2. The number of benzene rings is 1. The number of aryl methyl sites for hydroxylation is 1. The molecule has 0 saturated heterocycles. The van der Waals surface area contributed by atoms with Crippen molar-refractivity contribution in [3.63, 3.8) is 0 Å². The van der Waals surface area contributed by atoms with Gasteiger partial charge in [0.15, 0.2) is 0 Å². The zero-order valence-corrected chi connectivity index (χ0v) is 22.1. The number of alkyl halides is 3. The largest absolute Gasteiger partial charge is 0.493 e. The van der Waals surface area contributed by atoms with E-state index in [1.165, 1.54) is 28.7 Å². The fourth-order valence-electron chi connectivity index (χ4n) is 3.36. The van der Waals surface area contributed by atoms with Gasteiger partial charge in [0.25, 0.3) is 5.91 Å². The second-order valence-electron chi connectivity index (χ2n) is 8.17. The molecule has 0 atom stereocenters. The highest BCUT2D eigenvalue weighted by Crippen LogP contribution is 2.28. The van der Waals surface area contributed by atoms with E-state index in [9.17, 15) is 18.0 Å². The smallest absolute Gasteiger partial charge is 0.433 e. The van der Waals surface area contributed by atoms with Gasteiger partial charge >= 0.3 is 6.18 Å². The molecule has 1 aliphatic heterocycles. The maximum Gasteiger partial charge on any atom is 0.433 e. The van der Waals surface area contributed by atoms with E-state index in [1.54, 1.807) is 7.05 Å². The molecule has 0 unspecified atom stereocenters. The van der Waals surface area contributed by atoms with Gasteiger partial charge in [0, 0.05) is 24.3 Å². The van der Waals surface area contributed by atoms with Gasteiger partial charge in [0.05, 0.1) is 30.3 Å². The maximum atomic E-state index is 12.5. The van der Waals surface area contributed by atoms with Crippen LogP contribution < -0.4 is 15.4 Å². The summed E-state index contributed by atoms with van der Waals surface area (Å²) in [6.45, 7) is 4.80. The van der Waals surface area contributed by atoms with Crippen LogP contribution in [0.3, 0.4) is 0 Å². The summed E-state index contributed by atoms with van der Waals surface area (Å²) >= 11 is 5.82. The van der Waals surface area contributed by atoms with Gasteiger partial charge in [0.2, 0.25) is 6.41 Å². The van der Waals surface area contributed by atoms with Crippen molar-refractivity contribution in [2.75, 3.05) is 13.7 Å². The molecule has 38 heavy (non-hydrogen) atoms. The molecule has 12 heteroatoms. The third-order valence-corrected chi connectivity index (χ3v) is 5.69. The highest BCUT2D eigenvalue weighted by molar-refractivity contribution is 6.30. The predicted molar refractivity (Wildman–Crippen MR) is 139 cm³/mol. The van der Waals surface area contributed by atoms with Crippen LogP contribution in [-0.4, -0.2) is 46.8 Å². The van der Waals surface area contributed by atoms with E-state index in [4.69, 9.17) is 21.1 Å². The van der Waals surface area contributed by atoms with Gasteiger partial charge in [-0.15, -0.1) is 0 Å². The molecular weight excluding hydrogens is 523 g/mol. The lowest BCUT2D eigenvalue weighted by atomic mass is 10.1. The van der Waals surface area contributed by atoms with E-state index in [-0.39, 0.29) is 11.9 Å². The zero-order valence-electron chi connectivity index (χ0n) is 21.4. The molecule has 4 rings (SSSR count). The number of nitrogens with zero attached hydrogens (tertiary/aromatic N) is 3. The van der Waals surface area contributed by atoms with Crippen LogP contribution >= 0.6 is 11.6 Å². The van der Waals surface area contributed by atoms with Gasteiger partial charge in [-0.25, -0.2) is 9.67 Å². The molecule has 2 N–H and O–H groups in total. The van der Waals surface area contributed by atoms with Crippen LogP contribution in [0.15, 0.2) is 48.9 Å². The van der Waals surface area contributed by atoms with Crippen LogP contribution in [0.2, 0.25) is 5.02 Å². The van der Waals surface area contributed by atoms with Crippen LogP contribution in [0.4, 0.5) is 13.2 Å². The fourth-order valence-corrected chi connectivity index (χ4v) is 3.56. The van der Waals surface area contributed by atoms with E-state index in [1.807, 2.05) is 32.0 Å². The van der Waals surface area contributed by atoms with Gasteiger partial charge in [-0.05, 0) is 61.6 Å². The SMILES string of the molecule is CCC(CC)NC(=O)c1cnn(-c2ccc(C(F)(F)F)nc2)c1.CNC=O.Clc1ccc2c(c1)CCCO2. The standard InChI is InChI=1S/C15H17F3N4O.C9H9ClO.C2H5NO/c1-3-11(4-2)21-14(23)10-7-20-22(9-10)12-5-6-13(19-8-12)15(16,17)18;10-8-3-4-9-7(6-8)2-1-5-11-9;1-3-2-4/h5-9,11H,3-4H2,1-2H3,(H,21,23);3-4,6H,1-2,5H2;2H,1H3,(H,3,4). The topological polar surface area (TPSA) is 98.1 Å². The summed E-state index contributed by atoms with van der Waals surface area (Å²) in [6.07, 6.45) is 3.88. The van der Waals surface area contributed by atoms with Crippen molar-refractivity contribution < 1.29 is 27.5 Å². The highest BCUT2D eigenvalue weighted by atomic mass is 35.5. The quantitative estimate of drug-likeness (QED) is 0.407. The molecule has 0 spiro atoms. The number of hydrogen-bond donors (Lipinski definition) is 2. The molecule has 2 aromatic heterocycles. The van der Waals surface area contributed by atoms with Crippen molar-refractivity contribution >= 4 is 23.9 Å². The van der Waals surface area contributed by atoms with Gasteiger partial charge < -0.3 is 15.4 Å². The summed E-state index contributed by atoms with van der Waals surface area (Å²) in [6, 6.07) is 8.00. The van der Waals surface area contributed by atoms with Gasteiger partial charge in [0.1, 0.15) is 11.4 Å². The minimum absolute atomic E-state index is 0.0820. The minimum atomic E-state index is -4.48. The minimum Gasteiger partial charge on any atom is -0.493 e. The Labute approximate surface area is 224 Å². The molecule has 0 aliphatic carbocycles. The molecule has 3 heterocycles. The summed E-state index contributed by atoms with van der Waals surface area (Å²) in [5.41, 5.74) is 0.959. The van der Waals surface area contributed by atoms with E-state index in [2.05, 4.69) is 20.7 Å². The van der Waals surface area contributed by atoms with E-state index < -0.39 is 11.9 Å². The first-order chi connectivity index (χ1) is 18.1. The van der Waals surface area contributed by atoms with E-state index >= 15 is 0 Å². The number of carbonyl (C=O) groups excluding carboxylic acids is 2. The molecule has 8 nitrogen and oxygen atoms in total. The van der Waals surface area contributed by atoms with Crippen LogP contribution in [0.1, 0.15) is 54.7 Å². The average molecular weight is 554 g/mol. The van der Waals surface area contributed by atoms with Gasteiger partial charge in [-0.3, -0.25) is 9.59 Å². The first-order valence-corrected chi connectivity index (χ1v) is 12.4. The number of nitrogens with one attached hydrogen (secondary N) is 2. The summed E-state index contributed by atoms with van der Waals surface area (Å²) in [5, 5.41) is 9.91. The Morgan fingerprint density at radius 1 is 1.21 bits per heavy atom. The third-order valence-electron chi connectivity index (χ3n) is 5.46. The summed E-state index contributed by atoms with van der Waals surface area (Å²) in [7, 11) is 1.56. The number of amides is 2. The highest BCUT2D eigenvalue weighted by Gasteiger charge is 2.32. The fraction of sp³-hybridized carbons (Fsp3) is 0.385. The second-order valence-corrected chi connectivity index (χ2v) is 8.61. The number of rotatable bonds is 6. The molecule has 1 aromatic carbocycles. The Kier molecular flexibility index (Phi) is 12.1.